The van der Waals surface area contributed by atoms with Crippen molar-refractivity contribution >= 4 is 17.6 Å². The minimum Gasteiger partial charge on any atom is -0.464 e. The van der Waals surface area contributed by atoms with Gasteiger partial charge in [0.05, 0.1) is 0 Å². The number of ether oxygens (including phenoxy) is 1. The fraction of sp³-hybridized carbons (Fsp3) is 0.800. The van der Waals surface area contributed by atoms with Crippen LogP contribution in [0.2, 0.25) is 0 Å². The van der Waals surface area contributed by atoms with Gasteiger partial charge in [-0.1, -0.05) is 0 Å². The van der Waals surface area contributed by atoms with E-state index in [4.69, 9.17) is 22.0 Å². The number of hydrogen-bond acceptors (Lipinski definition) is 5. The lowest BCUT2D eigenvalue weighted by Gasteiger charge is -2.12. The molecule has 0 rings (SSSR count). The third kappa shape index (κ3) is 4.97. The largest absolute Gasteiger partial charge is 0.464 e. The minimum absolute atomic E-state index is 0.210. The summed E-state index contributed by atoms with van der Waals surface area (Å²) in [6, 6.07) is 0. The molecule has 0 aromatic carbocycles. The highest BCUT2D eigenvalue weighted by atomic mass is 35.5. The first-order valence-corrected chi connectivity index (χ1v) is 3.27. The SMILES string of the molecule is CC(=O)OCC(Cl)C(O)OO. The summed E-state index contributed by atoms with van der Waals surface area (Å²) in [4.78, 5) is 13.7. The predicted molar refractivity (Wildman–Crippen MR) is 36.0 cm³/mol. The molecule has 11 heavy (non-hydrogen) atoms. The fourth-order valence-electron chi connectivity index (χ4n) is 0.345. The van der Waals surface area contributed by atoms with Crippen molar-refractivity contribution in [2.45, 2.75) is 18.6 Å². The van der Waals surface area contributed by atoms with Gasteiger partial charge in [0.15, 0.2) is 0 Å². The van der Waals surface area contributed by atoms with Crippen molar-refractivity contribution in [1.29, 1.82) is 0 Å². The number of rotatable bonds is 4. The van der Waals surface area contributed by atoms with Crippen molar-refractivity contribution in [1.82, 2.24) is 0 Å². The van der Waals surface area contributed by atoms with Gasteiger partial charge in [-0.05, 0) is 0 Å². The van der Waals surface area contributed by atoms with Gasteiger partial charge in [-0.25, -0.2) is 10.1 Å². The average molecular weight is 185 g/mol. The Balaban J connectivity index is 3.51. The van der Waals surface area contributed by atoms with Crippen molar-refractivity contribution in [2.24, 2.45) is 0 Å². The van der Waals surface area contributed by atoms with Crippen molar-refractivity contribution in [3.8, 4) is 0 Å². The average Bonchev–Trinajstić information content (AvgIpc) is 1.98. The van der Waals surface area contributed by atoms with Gasteiger partial charge in [0.2, 0.25) is 6.29 Å². The van der Waals surface area contributed by atoms with Gasteiger partial charge < -0.3 is 9.84 Å². The van der Waals surface area contributed by atoms with Crippen LogP contribution in [0, 0.1) is 0 Å². The van der Waals surface area contributed by atoms with E-state index in [1.54, 1.807) is 0 Å². The number of aliphatic hydroxyl groups is 1. The zero-order valence-corrected chi connectivity index (χ0v) is 6.61. The van der Waals surface area contributed by atoms with Gasteiger partial charge >= 0.3 is 5.97 Å². The van der Waals surface area contributed by atoms with Crippen LogP contribution in [0.5, 0.6) is 0 Å². The van der Waals surface area contributed by atoms with E-state index < -0.39 is 17.6 Å². The molecule has 0 aromatic heterocycles. The Morgan fingerprint density at radius 3 is 2.64 bits per heavy atom. The van der Waals surface area contributed by atoms with E-state index in [1.165, 1.54) is 6.92 Å². The standard InChI is InChI=1S/C5H9ClO5/c1-3(7)10-2-4(6)5(8)11-9/h4-5,8-9H,2H2,1H3. The molecule has 2 N–H and O–H groups in total. The maximum Gasteiger partial charge on any atom is 0.302 e. The summed E-state index contributed by atoms with van der Waals surface area (Å²) in [6.45, 7) is 0.994. The molecular formula is C5H9ClO5. The first-order valence-electron chi connectivity index (χ1n) is 2.83. The summed E-state index contributed by atoms with van der Waals surface area (Å²) < 4.78 is 4.40. The molecule has 66 valence electrons. The Bertz CT molecular complexity index is 128. The Hall–Kier alpha value is -0.360. The van der Waals surface area contributed by atoms with E-state index in [0.29, 0.717) is 0 Å². The molecule has 2 unspecified atom stereocenters. The number of carbonyl (C=O) groups excluding carboxylic acids is 1. The van der Waals surface area contributed by atoms with Crippen LogP contribution >= 0.6 is 11.6 Å². The van der Waals surface area contributed by atoms with Gasteiger partial charge in [-0.15, -0.1) is 11.6 Å². The number of halogens is 1. The summed E-state index contributed by atoms with van der Waals surface area (Å²) in [6.07, 6.45) is -1.55. The topological polar surface area (TPSA) is 76.0 Å². The number of alkyl halides is 1. The third-order valence-corrected chi connectivity index (χ3v) is 1.20. The summed E-state index contributed by atoms with van der Waals surface area (Å²) in [5.74, 6) is -0.513. The van der Waals surface area contributed by atoms with E-state index in [-0.39, 0.29) is 6.61 Å². The van der Waals surface area contributed by atoms with Gasteiger partial charge in [0.25, 0.3) is 0 Å². The Kier molecular flexibility index (Phi) is 5.14. The maximum absolute atomic E-state index is 10.2. The van der Waals surface area contributed by atoms with E-state index in [9.17, 15) is 4.79 Å². The Labute approximate surface area is 68.4 Å². The van der Waals surface area contributed by atoms with Crippen molar-refractivity contribution in [3.05, 3.63) is 0 Å². The molecule has 0 bridgehead atoms. The van der Waals surface area contributed by atoms with Crippen LogP contribution in [-0.2, 0) is 14.4 Å². The lowest BCUT2D eigenvalue weighted by Crippen LogP contribution is -2.28. The molecule has 0 aliphatic carbocycles. The third-order valence-electron chi connectivity index (χ3n) is 0.863. The van der Waals surface area contributed by atoms with Gasteiger partial charge in [-0.2, -0.15) is 0 Å². The zero-order chi connectivity index (χ0) is 8.85. The highest BCUT2D eigenvalue weighted by Gasteiger charge is 2.18. The second-order valence-corrected chi connectivity index (χ2v) is 2.38. The quantitative estimate of drug-likeness (QED) is 0.211. The van der Waals surface area contributed by atoms with Crippen LogP contribution in [0.1, 0.15) is 6.92 Å². The maximum atomic E-state index is 10.2. The molecule has 0 saturated carbocycles. The highest BCUT2D eigenvalue weighted by molar-refractivity contribution is 6.21. The van der Waals surface area contributed by atoms with E-state index in [1.807, 2.05) is 0 Å². The van der Waals surface area contributed by atoms with Gasteiger partial charge in [-0.3, -0.25) is 4.79 Å². The smallest absolute Gasteiger partial charge is 0.302 e. The highest BCUT2D eigenvalue weighted by Crippen LogP contribution is 2.03. The van der Waals surface area contributed by atoms with Crippen molar-refractivity contribution in [2.75, 3.05) is 6.61 Å². The summed E-state index contributed by atoms with van der Waals surface area (Å²) >= 11 is 5.36. The number of hydrogen-bond donors (Lipinski definition) is 2. The number of esters is 1. The van der Waals surface area contributed by atoms with Crippen LogP contribution in [0.4, 0.5) is 0 Å². The second-order valence-electron chi connectivity index (χ2n) is 1.81. The predicted octanol–water partition coefficient (Wildman–Crippen LogP) is -0.0351. The van der Waals surface area contributed by atoms with E-state index in [0.717, 1.165) is 0 Å². The lowest BCUT2D eigenvalue weighted by atomic mass is 10.4. The molecule has 0 amide bonds. The molecular weight excluding hydrogens is 176 g/mol. The van der Waals surface area contributed by atoms with Crippen molar-refractivity contribution < 1.29 is 24.8 Å². The van der Waals surface area contributed by atoms with Crippen LogP contribution in [-0.4, -0.2) is 34.6 Å². The molecule has 0 heterocycles. The summed E-state index contributed by atoms with van der Waals surface area (Å²) in [5.41, 5.74) is 0. The Morgan fingerprint density at radius 2 is 2.27 bits per heavy atom. The molecule has 0 saturated heterocycles. The molecule has 0 aromatic rings. The first-order chi connectivity index (χ1) is 5.07. The minimum atomic E-state index is -1.55. The van der Waals surface area contributed by atoms with E-state index >= 15 is 0 Å². The van der Waals surface area contributed by atoms with Crippen LogP contribution < -0.4 is 0 Å². The molecule has 0 radical (unpaired) electrons. The van der Waals surface area contributed by atoms with E-state index in [2.05, 4.69) is 9.62 Å². The first kappa shape index (κ1) is 10.6. The molecule has 5 nitrogen and oxygen atoms in total. The summed E-state index contributed by atoms with van der Waals surface area (Å²) in [5, 5.41) is 15.6. The monoisotopic (exact) mass is 184 g/mol. The second kappa shape index (κ2) is 5.31. The van der Waals surface area contributed by atoms with Crippen LogP contribution in [0.15, 0.2) is 0 Å². The number of aliphatic hydroxyl groups excluding tert-OH is 1. The molecule has 0 fully saturated rings. The van der Waals surface area contributed by atoms with Crippen molar-refractivity contribution in [3.63, 3.8) is 0 Å². The normalized spacial score (nSPS) is 15.6. The van der Waals surface area contributed by atoms with Crippen LogP contribution in [0.3, 0.4) is 0 Å². The Morgan fingerprint density at radius 1 is 1.73 bits per heavy atom. The zero-order valence-electron chi connectivity index (χ0n) is 5.86. The van der Waals surface area contributed by atoms with Gasteiger partial charge in [0.1, 0.15) is 12.0 Å². The lowest BCUT2D eigenvalue weighted by molar-refractivity contribution is -0.334. The fourth-order valence-corrected chi connectivity index (χ4v) is 0.454. The van der Waals surface area contributed by atoms with Gasteiger partial charge in [0, 0.05) is 6.92 Å². The molecule has 0 spiro atoms. The molecule has 2 atom stereocenters. The number of carbonyl (C=O) groups is 1. The molecule has 0 aliphatic rings. The van der Waals surface area contributed by atoms with Crippen LogP contribution in [0.25, 0.3) is 0 Å². The molecule has 6 heteroatoms. The summed E-state index contributed by atoms with van der Waals surface area (Å²) in [7, 11) is 0. The molecule has 0 aliphatic heterocycles.